The van der Waals surface area contributed by atoms with Crippen LogP contribution in [0.2, 0.25) is 5.02 Å². The van der Waals surface area contributed by atoms with Crippen LogP contribution in [-0.2, 0) is 11.3 Å². The molecule has 9 heteroatoms. The average molecular weight is 349 g/mol. The van der Waals surface area contributed by atoms with Gasteiger partial charge in [-0.2, -0.15) is 4.80 Å². The van der Waals surface area contributed by atoms with Gasteiger partial charge in [0.2, 0.25) is 11.7 Å². The number of thiazole rings is 1. The number of nitrogens with one attached hydrogen (secondary N) is 1. The Hall–Kier alpha value is -2.32. The largest absolute Gasteiger partial charge is 0.345 e. The number of amides is 1. The van der Waals surface area contributed by atoms with E-state index >= 15 is 0 Å². The molecular formula is C14H13ClN6OS. The number of nitrogens with zero attached hydrogens (tertiary/aromatic N) is 5. The first kappa shape index (κ1) is 15.6. The second-order valence-electron chi connectivity index (χ2n) is 4.81. The maximum absolute atomic E-state index is 12.0. The van der Waals surface area contributed by atoms with Crippen LogP contribution in [0.4, 0.5) is 0 Å². The summed E-state index contributed by atoms with van der Waals surface area (Å²) < 4.78 is 0. The zero-order valence-corrected chi connectivity index (χ0v) is 13.8. The fourth-order valence-electron chi connectivity index (χ4n) is 1.95. The van der Waals surface area contributed by atoms with Crippen molar-refractivity contribution in [2.75, 3.05) is 0 Å². The Morgan fingerprint density at radius 2 is 2.17 bits per heavy atom. The van der Waals surface area contributed by atoms with Gasteiger partial charge in [0.15, 0.2) is 0 Å². The highest BCUT2D eigenvalue weighted by Gasteiger charge is 2.14. The van der Waals surface area contributed by atoms with Crippen molar-refractivity contribution in [3.8, 4) is 11.4 Å². The first-order chi connectivity index (χ1) is 11.1. The van der Waals surface area contributed by atoms with E-state index in [1.54, 1.807) is 30.5 Å². The lowest BCUT2D eigenvalue weighted by molar-refractivity contribution is -0.122. The summed E-state index contributed by atoms with van der Waals surface area (Å²) in [5.74, 6) is 0.246. The first-order valence-electron chi connectivity index (χ1n) is 6.84. The van der Waals surface area contributed by atoms with Gasteiger partial charge in [-0.25, -0.2) is 4.98 Å². The molecule has 23 heavy (non-hydrogen) atoms. The van der Waals surface area contributed by atoms with Gasteiger partial charge in [-0.15, -0.1) is 21.5 Å². The van der Waals surface area contributed by atoms with Crippen LogP contribution < -0.4 is 5.32 Å². The van der Waals surface area contributed by atoms with Crippen LogP contribution >= 0.6 is 22.9 Å². The molecule has 3 aromatic rings. The highest BCUT2D eigenvalue weighted by Crippen LogP contribution is 2.17. The Balaban J connectivity index is 1.62. The third kappa shape index (κ3) is 3.91. The Labute approximate surface area is 141 Å². The Bertz CT molecular complexity index is 786. The summed E-state index contributed by atoms with van der Waals surface area (Å²) in [6, 6.07) is 6.95. The van der Waals surface area contributed by atoms with Crippen molar-refractivity contribution < 1.29 is 4.79 Å². The SMILES string of the molecule is C[C@@H](NC(=O)Cn1nnc(-c2ccc(Cl)cc2)n1)c1nccs1. The summed E-state index contributed by atoms with van der Waals surface area (Å²) >= 11 is 7.34. The third-order valence-corrected chi connectivity index (χ3v) is 4.25. The molecule has 118 valence electrons. The predicted molar refractivity (Wildman–Crippen MR) is 86.9 cm³/mol. The molecule has 0 unspecified atom stereocenters. The van der Waals surface area contributed by atoms with Gasteiger partial charge in [-0.1, -0.05) is 11.6 Å². The number of hydrogen-bond acceptors (Lipinski definition) is 6. The molecule has 0 spiro atoms. The number of aromatic nitrogens is 5. The summed E-state index contributed by atoms with van der Waals surface area (Å²) in [6.45, 7) is 1.88. The molecule has 2 aromatic heterocycles. The molecular weight excluding hydrogens is 336 g/mol. The standard InChI is InChI=1S/C14H13ClN6OS/c1-9(14-16-6-7-23-14)17-12(22)8-21-19-13(18-20-21)10-2-4-11(15)5-3-10/h2-7,9H,8H2,1H3,(H,17,22)/t9-/m1/s1. The number of tetrazole rings is 1. The lowest BCUT2D eigenvalue weighted by Gasteiger charge is -2.10. The summed E-state index contributed by atoms with van der Waals surface area (Å²) in [7, 11) is 0. The second-order valence-corrected chi connectivity index (χ2v) is 6.17. The predicted octanol–water partition coefficient (Wildman–Crippen LogP) is 2.33. The number of rotatable bonds is 5. The second kappa shape index (κ2) is 6.84. The molecule has 0 aliphatic rings. The Morgan fingerprint density at radius 3 is 2.87 bits per heavy atom. The van der Waals surface area contributed by atoms with E-state index in [9.17, 15) is 4.79 Å². The van der Waals surface area contributed by atoms with Crippen LogP contribution in [0.5, 0.6) is 0 Å². The first-order valence-corrected chi connectivity index (χ1v) is 8.10. The van der Waals surface area contributed by atoms with Crippen molar-refractivity contribution in [1.29, 1.82) is 0 Å². The minimum absolute atomic E-state index is 0.00367. The van der Waals surface area contributed by atoms with Crippen molar-refractivity contribution in [3.63, 3.8) is 0 Å². The molecule has 1 amide bonds. The van der Waals surface area contributed by atoms with E-state index in [1.807, 2.05) is 12.3 Å². The highest BCUT2D eigenvalue weighted by molar-refractivity contribution is 7.09. The van der Waals surface area contributed by atoms with Crippen LogP contribution in [0.15, 0.2) is 35.8 Å². The summed E-state index contributed by atoms with van der Waals surface area (Å²) in [5.41, 5.74) is 0.789. The van der Waals surface area contributed by atoms with Gasteiger partial charge in [-0.3, -0.25) is 4.79 Å². The molecule has 0 radical (unpaired) electrons. The van der Waals surface area contributed by atoms with E-state index in [1.165, 1.54) is 16.1 Å². The Morgan fingerprint density at radius 1 is 1.39 bits per heavy atom. The van der Waals surface area contributed by atoms with Gasteiger partial charge in [0.05, 0.1) is 6.04 Å². The minimum atomic E-state index is -0.201. The monoisotopic (exact) mass is 348 g/mol. The van der Waals surface area contributed by atoms with Gasteiger partial charge in [0.25, 0.3) is 0 Å². The molecule has 0 aliphatic carbocycles. The molecule has 0 saturated carbocycles. The molecule has 7 nitrogen and oxygen atoms in total. The van der Waals surface area contributed by atoms with Crippen molar-refractivity contribution in [2.24, 2.45) is 0 Å². The number of hydrogen-bond donors (Lipinski definition) is 1. The van der Waals surface area contributed by atoms with Gasteiger partial charge in [-0.05, 0) is 36.4 Å². The van der Waals surface area contributed by atoms with E-state index in [4.69, 9.17) is 11.6 Å². The maximum atomic E-state index is 12.0. The van der Waals surface area contributed by atoms with Gasteiger partial charge in [0, 0.05) is 22.2 Å². The normalized spacial score (nSPS) is 12.1. The third-order valence-electron chi connectivity index (χ3n) is 3.04. The number of carbonyl (C=O) groups excluding carboxylic acids is 1. The molecule has 0 aliphatic heterocycles. The molecule has 0 saturated heterocycles. The zero-order chi connectivity index (χ0) is 16.2. The van der Waals surface area contributed by atoms with E-state index in [2.05, 4.69) is 25.7 Å². The summed E-state index contributed by atoms with van der Waals surface area (Å²) in [4.78, 5) is 17.5. The van der Waals surface area contributed by atoms with Gasteiger partial charge in [0.1, 0.15) is 11.6 Å². The average Bonchev–Trinajstić information content (AvgIpc) is 3.19. The van der Waals surface area contributed by atoms with E-state index in [0.29, 0.717) is 10.8 Å². The van der Waals surface area contributed by atoms with E-state index < -0.39 is 0 Å². The lowest BCUT2D eigenvalue weighted by atomic mass is 10.2. The molecule has 2 heterocycles. The van der Waals surface area contributed by atoms with Crippen LogP contribution in [0.1, 0.15) is 18.0 Å². The number of benzene rings is 1. The zero-order valence-electron chi connectivity index (χ0n) is 12.2. The van der Waals surface area contributed by atoms with Gasteiger partial charge < -0.3 is 5.32 Å². The fraction of sp³-hybridized carbons (Fsp3) is 0.214. The quantitative estimate of drug-likeness (QED) is 0.764. The topological polar surface area (TPSA) is 85.6 Å². The van der Waals surface area contributed by atoms with Crippen molar-refractivity contribution in [2.45, 2.75) is 19.5 Å². The van der Waals surface area contributed by atoms with Gasteiger partial charge >= 0.3 is 0 Å². The molecule has 0 fully saturated rings. The minimum Gasteiger partial charge on any atom is -0.345 e. The van der Waals surface area contributed by atoms with Crippen LogP contribution in [0, 0.1) is 0 Å². The molecule has 1 N–H and O–H groups in total. The summed E-state index contributed by atoms with van der Waals surface area (Å²) in [5, 5.41) is 18.2. The smallest absolute Gasteiger partial charge is 0.244 e. The van der Waals surface area contributed by atoms with Crippen molar-refractivity contribution in [1.82, 2.24) is 30.5 Å². The van der Waals surface area contributed by atoms with Crippen molar-refractivity contribution >= 4 is 28.8 Å². The Kier molecular flexibility index (Phi) is 4.63. The van der Waals surface area contributed by atoms with Crippen LogP contribution in [0.3, 0.4) is 0 Å². The van der Waals surface area contributed by atoms with Crippen molar-refractivity contribution in [3.05, 3.63) is 45.9 Å². The van der Waals surface area contributed by atoms with E-state index in [-0.39, 0.29) is 18.5 Å². The molecule has 3 rings (SSSR count). The fourth-order valence-corrected chi connectivity index (χ4v) is 2.72. The number of carbonyl (C=O) groups is 1. The highest BCUT2D eigenvalue weighted by atomic mass is 35.5. The van der Waals surface area contributed by atoms with E-state index in [0.717, 1.165) is 10.6 Å². The summed E-state index contributed by atoms with van der Waals surface area (Å²) in [6.07, 6.45) is 1.71. The molecule has 0 bridgehead atoms. The number of halogens is 1. The molecule has 1 aromatic carbocycles. The van der Waals surface area contributed by atoms with Crippen LogP contribution in [0.25, 0.3) is 11.4 Å². The molecule has 1 atom stereocenters. The van der Waals surface area contributed by atoms with Crippen LogP contribution in [-0.4, -0.2) is 31.1 Å². The maximum Gasteiger partial charge on any atom is 0.244 e. The lowest BCUT2D eigenvalue weighted by Crippen LogP contribution is -2.30.